The normalized spacial score (nSPS) is 10.2. The highest BCUT2D eigenvalue weighted by Gasteiger charge is 2.07. The molecule has 0 N–H and O–H groups in total. The van der Waals surface area contributed by atoms with Gasteiger partial charge in [-0.25, -0.2) is 9.97 Å². The number of anilines is 2. The van der Waals surface area contributed by atoms with Crippen LogP contribution in [0.4, 0.5) is 11.5 Å². The summed E-state index contributed by atoms with van der Waals surface area (Å²) < 4.78 is 0. The van der Waals surface area contributed by atoms with E-state index in [0.717, 1.165) is 11.5 Å². The second-order valence-corrected chi connectivity index (χ2v) is 3.93. The molecule has 0 unspecified atom stereocenters. The van der Waals surface area contributed by atoms with Crippen LogP contribution >= 0.6 is 11.6 Å². The number of rotatable bonds is 2. The highest BCUT2D eigenvalue weighted by Crippen LogP contribution is 2.25. The number of aryl methyl sites for hydroxylation is 1. The average Bonchev–Trinajstić information content (AvgIpc) is 2.29. The molecule has 0 aliphatic carbocycles. The first-order chi connectivity index (χ1) is 7.68. The van der Waals surface area contributed by atoms with Crippen LogP contribution in [0.3, 0.4) is 0 Å². The minimum absolute atomic E-state index is 0.449. The van der Waals surface area contributed by atoms with E-state index in [4.69, 9.17) is 11.6 Å². The van der Waals surface area contributed by atoms with Crippen LogP contribution in [0.2, 0.25) is 5.15 Å². The summed E-state index contributed by atoms with van der Waals surface area (Å²) in [5.41, 5.74) is 2.30. The molecular formula is C12H12ClN3. The molecule has 82 valence electrons. The van der Waals surface area contributed by atoms with E-state index in [9.17, 15) is 0 Å². The van der Waals surface area contributed by atoms with Gasteiger partial charge in [-0.2, -0.15) is 0 Å². The van der Waals surface area contributed by atoms with E-state index in [1.807, 2.05) is 30.1 Å². The van der Waals surface area contributed by atoms with E-state index in [-0.39, 0.29) is 0 Å². The van der Waals surface area contributed by atoms with Crippen molar-refractivity contribution in [2.24, 2.45) is 0 Å². The fraction of sp³-hybridized carbons (Fsp3) is 0.167. The lowest BCUT2D eigenvalue weighted by atomic mass is 10.2. The Bertz CT molecular complexity index is 499. The van der Waals surface area contributed by atoms with Crippen molar-refractivity contribution in [1.82, 2.24) is 9.97 Å². The van der Waals surface area contributed by atoms with Crippen LogP contribution in [0.1, 0.15) is 5.56 Å². The topological polar surface area (TPSA) is 29.0 Å². The molecule has 4 heteroatoms. The van der Waals surface area contributed by atoms with Gasteiger partial charge >= 0.3 is 0 Å². The molecule has 1 heterocycles. The van der Waals surface area contributed by atoms with Crippen molar-refractivity contribution in [2.75, 3.05) is 11.9 Å². The average molecular weight is 234 g/mol. The van der Waals surface area contributed by atoms with E-state index in [1.54, 1.807) is 6.07 Å². The zero-order valence-corrected chi connectivity index (χ0v) is 9.94. The third kappa shape index (κ3) is 2.14. The lowest BCUT2D eigenvalue weighted by molar-refractivity contribution is 1.07. The van der Waals surface area contributed by atoms with Crippen molar-refractivity contribution in [3.8, 4) is 0 Å². The molecule has 0 radical (unpaired) electrons. The second kappa shape index (κ2) is 4.49. The lowest BCUT2D eigenvalue weighted by Gasteiger charge is -2.20. The monoisotopic (exact) mass is 233 g/mol. The summed E-state index contributed by atoms with van der Waals surface area (Å²) in [6.45, 7) is 2.06. The van der Waals surface area contributed by atoms with Crippen molar-refractivity contribution in [3.63, 3.8) is 0 Å². The summed E-state index contributed by atoms with van der Waals surface area (Å²) in [4.78, 5) is 10.0. The lowest BCUT2D eigenvalue weighted by Crippen LogP contribution is -2.12. The van der Waals surface area contributed by atoms with Gasteiger partial charge in [0.15, 0.2) is 0 Å². The van der Waals surface area contributed by atoms with Gasteiger partial charge < -0.3 is 4.90 Å². The summed E-state index contributed by atoms with van der Waals surface area (Å²) in [6, 6.07) is 9.87. The van der Waals surface area contributed by atoms with E-state index < -0.39 is 0 Å². The van der Waals surface area contributed by atoms with Crippen molar-refractivity contribution in [2.45, 2.75) is 6.92 Å². The minimum atomic E-state index is 0.449. The number of hydrogen-bond donors (Lipinski definition) is 0. The fourth-order valence-corrected chi connectivity index (χ4v) is 1.71. The molecule has 0 spiro atoms. The number of benzene rings is 1. The Hall–Kier alpha value is -1.61. The standard InChI is InChI=1S/C12H12ClN3/c1-9-5-3-4-6-10(9)16(2)12-7-11(13)14-8-15-12/h3-8H,1-2H3. The van der Waals surface area contributed by atoms with Crippen LogP contribution < -0.4 is 4.90 Å². The smallest absolute Gasteiger partial charge is 0.137 e. The molecule has 0 aliphatic heterocycles. The van der Waals surface area contributed by atoms with Gasteiger partial charge in [0.2, 0.25) is 0 Å². The first-order valence-corrected chi connectivity index (χ1v) is 5.33. The largest absolute Gasteiger partial charge is 0.329 e. The van der Waals surface area contributed by atoms with E-state index in [2.05, 4.69) is 23.0 Å². The number of hydrogen-bond acceptors (Lipinski definition) is 3. The van der Waals surface area contributed by atoms with Crippen LogP contribution in [0, 0.1) is 6.92 Å². The summed E-state index contributed by atoms with van der Waals surface area (Å²) in [7, 11) is 1.96. The predicted molar refractivity (Wildman–Crippen MR) is 66.3 cm³/mol. The number of halogens is 1. The van der Waals surface area contributed by atoms with Gasteiger partial charge in [-0.1, -0.05) is 29.8 Å². The predicted octanol–water partition coefficient (Wildman–Crippen LogP) is 3.21. The zero-order chi connectivity index (χ0) is 11.5. The Labute approximate surface area is 99.7 Å². The van der Waals surface area contributed by atoms with E-state index in [1.165, 1.54) is 11.9 Å². The summed E-state index contributed by atoms with van der Waals surface area (Å²) in [6.07, 6.45) is 1.46. The quantitative estimate of drug-likeness (QED) is 0.746. The molecule has 0 amide bonds. The molecule has 1 aromatic carbocycles. The highest BCUT2D eigenvalue weighted by atomic mass is 35.5. The minimum Gasteiger partial charge on any atom is -0.329 e. The molecule has 0 fully saturated rings. The van der Waals surface area contributed by atoms with Gasteiger partial charge in [0.25, 0.3) is 0 Å². The van der Waals surface area contributed by atoms with Gasteiger partial charge in [0.1, 0.15) is 17.3 Å². The van der Waals surface area contributed by atoms with Gasteiger partial charge in [-0.15, -0.1) is 0 Å². The third-order valence-corrected chi connectivity index (χ3v) is 2.65. The van der Waals surface area contributed by atoms with Crippen LogP contribution in [-0.2, 0) is 0 Å². The molecule has 1 aromatic heterocycles. The number of aromatic nitrogens is 2. The van der Waals surface area contributed by atoms with E-state index >= 15 is 0 Å². The van der Waals surface area contributed by atoms with Gasteiger partial charge in [0.05, 0.1) is 0 Å². The molecular weight excluding hydrogens is 222 g/mol. The Morgan fingerprint density at radius 1 is 1.19 bits per heavy atom. The summed E-state index contributed by atoms with van der Waals surface area (Å²) in [5, 5.41) is 0.449. The molecule has 0 atom stereocenters. The summed E-state index contributed by atoms with van der Waals surface area (Å²) >= 11 is 5.84. The van der Waals surface area contributed by atoms with Gasteiger partial charge in [0, 0.05) is 18.8 Å². The maximum absolute atomic E-state index is 5.84. The van der Waals surface area contributed by atoms with Crippen molar-refractivity contribution in [1.29, 1.82) is 0 Å². The van der Waals surface area contributed by atoms with Crippen molar-refractivity contribution in [3.05, 3.63) is 47.4 Å². The molecule has 16 heavy (non-hydrogen) atoms. The molecule has 0 aliphatic rings. The Kier molecular flexibility index (Phi) is 3.06. The maximum Gasteiger partial charge on any atom is 0.137 e. The molecule has 0 saturated heterocycles. The Balaban J connectivity index is 2.39. The molecule has 2 rings (SSSR count). The van der Waals surface area contributed by atoms with Crippen LogP contribution in [0.25, 0.3) is 0 Å². The molecule has 3 nitrogen and oxygen atoms in total. The van der Waals surface area contributed by atoms with Gasteiger partial charge in [-0.05, 0) is 18.6 Å². The van der Waals surface area contributed by atoms with Crippen LogP contribution in [0.15, 0.2) is 36.7 Å². The van der Waals surface area contributed by atoms with Crippen molar-refractivity contribution < 1.29 is 0 Å². The Morgan fingerprint density at radius 3 is 2.62 bits per heavy atom. The molecule has 0 saturated carbocycles. The van der Waals surface area contributed by atoms with Crippen LogP contribution in [-0.4, -0.2) is 17.0 Å². The number of nitrogens with zero attached hydrogens (tertiary/aromatic N) is 3. The van der Waals surface area contributed by atoms with E-state index in [0.29, 0.717) is 5.15 Å². The van der Waals surface area contributed by atoms with Gasteiger partial charge in [-0.3, -0.25) is 0 Å². The third-order valence-electron chi connectivity index (χ3n) is 2.44. The maximum atomic E-state index is 5.84. The highest BCUT2D eigenvalue weighted by molar-refractivity contribution is 6.29. The summed E-state index contributed by atoms with van der Waals surface area (Å²) in [5.74, 6) is 0.786. The van der Waals surface area contributed by atoms with Crippen LogP contribution in [0.5, 0.6) is 0 Å². The number of para-hydroxylation sites is 1. The fourth-order valence-electron chi connectivity index (χ4n) is 1.57. The zero-order valence-electron chi connectivity index (χ0n) is 9.18. The Morgan fingerprint density at radius 2 is 1.94 bits per heavy atom. The molecule has 2 aromatic rings. The SMILES string of the molecule is Cc1ccccc1N(C)c1cc(Cl)ncn1. The second-order valence-electron chi connectivity index (χ2n) is 3.54. The first kappa shape index (κ1) is 10.9. The first-order valence-electron chi connectivity index (χ1n) is 4.95. The van der Waals surface area contributed by atoms with Crippen molar-refractivity contribution >= 4 is 23.1 Å². The molecule has 0 bridgehead atoms.